The molecule has 0 radical (unpaired) electrons. The van der Waals surface area contributed by atoms with Gasteiger partial charge < -0.3 is 15.4 Å². The van der Waals surface area contributed by atoms with Crippen LogP contribution in [0, 0.1) is 0 Å². The highest BCUT2D eigenvalue weighted by molar-refractivity contribution is 6.45. The summed E-state index contributed by atoms with van der Waals surface area (Å²) in [5.74, 6) is -0.453. The second-order valence-electron chi connectivity index (χ2n) is 5.14. The number of aromatic nitrogens is 3. The van der Waals surface area contributed by atoms with Crippen LogP contribution in [0.5, 0.6) is 0 Å². The predicted molar refractivity (Wildman–Crippen MR) is 89.4 cm³/mol. The molecule has 0 aliphatic rings. The number of nitrogens with one attached hydrogen (secondary N) is 3. The molecule has 1 amide bonds. The lowest BCUT2D eigenvalue weighted by atomic mass is 10.1. The lowest BCUT2D eigenvalue weighted by Gasteiger charge is -2.07. The number of carbonyl (C=O) groups excluding carboxylic acids is 1. The van der Waals surface area contributed by atoms with Crippen molar-refractivity contribution in [2.75, 3.05) is 0 Å². The van der Waals surface area contributed by atoms with Gasteiger partial charge in [-0.2, -0.15) is 5.10 Å². The van der Waals surface area contributed by atoms with Crippen molar-refractivity contribution in [3.8, 4) is 11.1 Å². The van der Waals surface area contributed by atoms with E-state index in [2.05, 4.69) is 20.5 Å². The van der Waals surface area contributed by atoms with Gasteiger partial charge in [-0.25, -0.2) is 0 Å². The number of aliphatic hydroxyl groups is 1. The maximum absolute atomic E-state index is 11.6. The fourth-order valence-electron chi connectivity index (χ4n) is 2.43. The van der Waals surface area contributed by atoms with Crippen molar-refractivity contribution < 1.29 is 9.90 Å². The van der Waals surface area contributed by atoms with Crippen LogP contribution in [-0.4, -0.2) is 32.3 Å². The molecule has 0 aliphatic carbocycles. The fourth-order valence-corrected chi connectivity index (χ4v) is 2.80. The fraction of sp³-hybridized carbons (Fsp3) is 0.200. The molecule has 0 saturated carbocycles. The number of nitrogens with zero attached hydrogens (tertiary/aromatic N) is 1. The van der Waals surface area contributed by atoms with E-state index in [0.717, 1.165) is 22.2 Å². The van der Waals surface area contributed by atoms with Crippen LogP contribution in [0.4, 0.5) is 0 Å². The first-order chi connectivity index (χ1) is 11.0. The minimum Gasteiger partial charge on any atom is -0.384 e. The molecule has 4 N–H and O–H groups in total. The maximum Gasteiger partial charge on any atom is 0.248 e. The summed E-state index contributed by atoms with van der Waals surface area (Å²) in [4.78, 5) is 14.8. The first kappa shape index (κ1) is 15.9. The second-order valence-corrected chi connectivity index (χ2v) is 5.93. The normalized spacial score (nSPS) is 12.5. The molecule has 0 aliphatic heterocycles. The summed E-state index contributed by atoms with van der Waals surface area (Å²) in [7, 11) is 0. The van der Waals surface area contributed by atoms with E-state index < -0.39 is 12.0 Å². The quantitative estimate of drug-likeness (QED) is 0.581. The van der Waals surface area contributed by atoms with E-state index >= 15 is 0 Å². The number of benzene rings is 1. The molecule has 1 aromatic carbocycles. The van der Waals surface area contributed by atoms with Gasteiger partial charge in [-0.3, -0.25) is 9.89 Å². The number of carbonyl (C=O) groups is 1. The molecule has 8 heteroatoms. The minimum atomic E-state index is -1.07. The van der Waals surface area contributed by atoms with E-state index in [9.17, 15) is 9.90 Å². The SMILES string of the molecule is C[C@@H](O)C(=O)NCc1[nH]c2c(Cl)c(Cl)ccc2c1-c1cn[nH]c1. The van der Waals surface area contributed by atoms with Gasteiger partial charge in [-0.05, 0) is 13.0 Å². The third-order valence-corrected chi connectivity index (χ3v) is 4.35. The standard InChI is InChI=1S/C15H14Cl2N4O2/c1-7(22)15(23)18-6-11-12(8-4-19-20-5-8)9-2-3-10(16)13(17)14(9)21-11/h2-5,7,21-22H,6H2,1H3,(H,18,23)(H,19,20)/t7-/m1/s1. The summed E-state index contributed by atoms with van der Waals surface area (Å²) >= 11 is 12.3. The zero-order valence-corrected chi connectivity index (χ0v) is 13.7. The monoisotopic (exact) mass is 352 g/mol. The molecule has 3 aromatic rings. The largest absolute Gasteiger partial charge is 0.384 e. The average Bonchev–Trinajstić information content (AvgIpc) is 3.15. The number of amides is 1. The van der Waals surface area contributed by atoms with Crippen LogP contribution in [-0.2, 0) is 11.3 Å². The Morgan fingerprint density at radius 3 is 2.87 bits per heavy atom. The molecule has 3 rings (SSSR count). The van der Waals surface area contributed by atoms with Crippen LogP contribution in [0.25, 0.3) is 22.0 Å². The van der Waals surface area contributed by atoms with Crippen molar-refractivity contribution in [1.82, 2.24) is 20.5 Å². The van der Waals surface area contributed by atoms with Crippen molar-refractivity contribution in [2.24, 2.45) is 0 Å². The molecule has 23 heavy (non-hydrogen) atoms. The first-order valence-corrected chi connectivity index (χ1v) is 7.68. The number of aromatic amines is 2. The van der Waals surface area contributed by atoms with Crippen molar-refractivity contribution in [3.05, 3.63) is 40.3 Å². The zero-order valence-electron chi connectivity index (χ0n) is 12.2. The topological polar surface area (TPSA) is 93.8 Å². The van der Waals surface area contributed by atoms with Crippen molar-refractivity contribution in [1.29, 1.82) is 0 Å². The van der Waals surface area contributed by atoms with Gasteiger partial charge in [0.1, 0.15) is 6.10 Å². The van der Waals surface area contributed by atoms with Crippen molar-refractivity contribution in [2.45, 2.75) is 19.6 Å². The van der Waals surface area contributed by atoms with Gasteiger partial charge >= 0.3 is 0 Å². The van der Waals surface area contributed by atoms with Crippen LogP contribution in [0.15, 0.2) is 24.5 Å². The number of rotatable bonds is 4. The van der Waals surface area contributed by atoms with E-state index in [1.54, 1.807) is 18.5 Å². The lowest BCUT2D eigenvalue weighted by Crippen LogP contribution is -2.32. The molecule has 0 unspecified atom stereocenters. The second kappa shape index (κ2) is 6.23. The predicted octanol–water partition coefficient (Wildman–Crippen LogP) is 2.86. The van der Waals surface area contributed by atoms with Crippen LogP contribution in [0.2, 0.25) is 10.0 Å². The summed E-state index contributed by atoms with van der Waals surface area (Å²) in [6, 6.07) is 3.59. The van der Waals surface area contributed by atoms with E-state index in [1.165, 1.54) is 6.92 Å². The summed E-state index contributed by atoms with van der Waals surface area (Å²) < 4.78 is 0. The smallest absolute Gasteiger partial charge is 0.248 e. The Balaban J connectivity index is 2.10. The highest BCUT2D eigenvalue weighted by atomic mass is 35.5. The van der Waals surface area contributed by atoms with E-state index in [4.69, 9.17) is 23.2 Å². The summed E-state index contributed by atoms with van der Waals surface area (Å²) in [5.41, 5.74) is 3.17. The number of halogens is 2. The van der Waals surface area contributed by atoms with Crippen molar-refractivity contribution in [3.63, 3.8) is 0 Å². The summed E-state index contributed by atoms with van der Waals surface area (Å²) in [6.07, 6.45) is 2.37. The number of H-pyrrole nitrogens is 2. The Morgan fingerprint density at radius 2 is 2.22 bits per heavy atom. The van der Waals surface area contributed by atoms with Gasteiger partial charge in [0.2, 0.25) is 5.91 Å². The summed E-state index contributed by atoms with van der Waals surface area (Å²) in [5, 5.41) is 20.4. The van der Waals surface area contributed by atoms with E-state index in [0.29, 0.717) is 15.6 Å². The number of hydrogen-bond donors (Lipinski definition) is 4. The number of fused-ring (bicyclic) bond motifs is 1. The number of hydrogen-bond acceptors (Lipinski definition) is 3. The highest BCUT2D eigenvalue weighted by Gasteiger charge is 2.18. The Hall–Kier alpha value is -2.02. The molecule has 2 heterocycles. The molecule has 6 nitrogen and oxygen atoms in total. The Morgan fingerprint density at radius 1 is 1.43 bits per heavy atom. The third-order valence-electron chi connectivity index (χ3n) is 3.55. The van der Waals surface area contributed by atoms with E-state index in [-0.39, 0.29) is 6.54 Å². The Bertz CT molecular complexity index is 856. The highest BCUT2D eigenvalue weighted by Crippen LogP contribution is 2.38. The molecule has 0 bridgehead atoms. The molecular weight excluding hydrogens is 339 g/mol. The van der Waals surface area contributed by atoms with Gasteiger partial charge in [0.05, 0.1) is 28.3 Å². The molecule has 0 fully saturated rings. The maximum atomic E-state index is 11.6. The van der Waals surface area contributed by atoms with Crippen LogP contribution in [0.1, 0.15) is 12.6 Å². The Labute approximate surface area is 141 Å². The lowest BCUT2D eigenvalue weighted by molar-refractivity contribution is -0.128. The molecular formula is C15H14Cl2N4O2. The van der Waals surface area contributed by atoms with Gasteiger partial charge in [0.15, 0.2) is 0 Å². The van der Waals surface area contributed by atoms with Gasteiger partial charge in [0, 0.05) is 28.4 Å². The zero-order chi connectivity index (χ0) is 16.6. The third kappa shape index (κ3) is 2.93. The van der Waals surface area contributed by atoms with Crippen LogP contribution < -0.4 is 5.32 Å². The van der Waals surface area contributed by atoms with Crippen molar-refractivity contribution >= 4 is 40.0 Å². The molecule has 1 atom stereocenters. The molecule has 120 valence electrons. The first-order valence-electron chi connectivity index (χ1n) is 6.92. The molecule has 0 saturated heterocycles. The minimum absolute atomic E-state index is 0.215. The van der Waals surface area contributed by atoms with E-state index in [1.807, 2.05) is 6.07 Å². The van der Waals surface area contributed by atoms with Crippen LogP contribution in [0.3, 0.4) is 0 Å². The Kier molecular flexibility index (Phi) is 4.30. The van der Waals surface area contributed by atoms with Gasteiger partial charge in [-0.15, -0.1) is 0 Å². The summed E-state index contributed by atoms with van der Waals surface area (Å²) in [6.45, 7) is 1.63. The molecule has 2 aromatic heterocycles. The van der Waals surface area contributed by atoms with Crippen LogP contribution >= 0.6 is 23.2 Å². The number of aliphatic hydroxyl groups excluding tert-OH is 1. The van der Waals surface area contributed by atoms with Gasteiger partial charge in [0.25, 0.3) is 0 Å². The molecule has 0 spiro atoms. The van der Waals surface area contributed by atoms with Gasteiger partial charge in [-0.1, -0.05) is 29.3 Å². The average molecular weight is 353 g/mol.